The van der Waals surface area contributed by atoms with E-state index >= 15 is 0 Å². The van der Waals surface area contributed by atoms with Crippen molar-refractivity contribution in [1.82, 2.24) is 15.1 Å². The Kier molecular flexibility index (Phi) is 6.11. The maximum absolute atomic E-state index is 12.0. The van der Waals surface area contributed by atoms with E-state index in [1.54, 1.807) is 11.8 Å². The fraction of sp³-hybridized carbons (Fsp3) is 0.421. The second kappa shape index (κ2) is 8.51. The van der Waals surface area contributed by atoms with Crippen LogP contribution >= 0.6 is 11.8 Å². The number of carbonyl (C=O) groups is 1. The van der Waals surface area contributed by atoms with Crippen molar-refractivity contribution in [2.24, 2.45) is 5.73 Å². The second-order valence-corrected chi connectivity index (χ2v) is 8.23. The average Bonchev–Trinajstić information content (AvgIpc) is 2.63. The molecular formula is C19H25N5OS. The molecule has 0 bridgehead atoms. The molecule has 2 N–H and O–H groups in total. The van der Waals surface area contributed by atoms with Crippen molar-refractivity contribution >= 4 is 23.5 Å². The van der Waals surface area contributed by atoms with Crippen molar-refractivity contribution in [3.05, 3.63) is 48.0 Å². The van der Waals surface area contributed by atoms with Gasteiger partial charge >= 0.3 is 0 Å². The Morgan fingerprint density at radius 2 is 1.73 bits per heavy atom. The van der Waals surface area contributed by atoms with Crippen LogP contribution in [-0.2, 0) is 4.79 Å². The summed E-state index contributed by atoms with van der Waals surface area (Å²) in [5.41, 5.74) is 6.63. The number of aromatic nitrogens is 2. The van der Waals surface area contributed by atoms with E-state index in [0.29, 0.717) is 5.25 Å². The van der Waals surface area contributed by atoms with E-state index in [-0.39, 0.29) is 11.9 Å². The Balaban J connectivity index is 1.64. The van der Waals surface area contributed by atoms with Gasteiger partial charge in [0.15, 0.2) is 5.82 Å². The zero-order chi connectivity index (χ0) is 18.5. The van der Waals surface area contributed by atoms with Gasteiger partial charge in [-0.1, -0.05) is 44.2 Å². The molecule has 1 unspecified atom stereocenters. The zero-order valence-corrected chi connectivity index (χ0v) is 16.0. The minimum absolute atomic E-state index is 0.306. The molecule has 1 aromatic carbocycles. The number of thioether (sulfide) groups is 1. The summed E-state index contributed by atoms with van der Waals surface area (Å²) in [6.07, 6.45) is 0. The van der Waals surface area contributed by atoms with Gasteiger partial charge in [-0.25, -0.2) is 0 Å². The lowest BCUT2D eigenvalue weighted by molar-refractivity contribution is -0.123. The second-order valence-electron chi connectivity index (χ2n) is 6.63. The molecule has 1 aliphatic rings. The molecule has 2 heterocycles. The van der Waals surface area contributed by atoms with Gasteiger partial charge in [0.1, 0.15) is 11.1 Å². The molecule has 0 spiro atoms. The number of piperazine rings is 1. The van der Waals surface area contributed by atoms with Gasteiger partial charge in [-0.2, -0.15) is 0 Å². The number of carbonyl (C=O) groups excluding carboxylic acids is 1. The SMILES string of the molecule is CC(C)Sc1ccc(N2CCN(C(C(N)=O)c3ccccc3)CC2)nn1. The van der Waals surface area contributed by atoms with Gasteiger partial charge in [0.05, 0.1) is 0 Å². The van der Waals surface area contributed by atoms with Crippen molar-refractivity contribution in [3.8, 4) is 0 Å². The summed E-state index contributed by atoms with van der Waals surface area (Å²) in [5, 5.41) is 10.1. The van der Waals surface area contributed by atoms with Gasteiger partial charge < -0.3 is 10.6 Å². The molecule has 6 nitrogen and oxygen atoms in total. The van der Waals surface area contributed by atoms with Crippen LogP contribution in [0.4, 0.5) is 5.82 Å². The third-order valence-electron chi connectivity index (χ3n) is 4.37. The Labute approximate surface area is 158 Å². The van der Waals surface area contributed by atoms with E-state index in [1.807, 2.05) is 42.5 Å². The summed E-state index contributed by atoms with van der Waals surface area (Å²) >= 11 is 1.71. The monoisotopic (exact) mass is 371 g/mol. The van der Waals surface area contributed by atoms with Gasteiger partial charge in [-0.05, 0) is 17.7 Å². The van der Waals surface area contributed by atoms with Crippen LogP contribution in [0.5, 0.6) is 0 Å². The van der Waals surface area contributed by atoms with Crippen LogP contribution in [0.3, 0.4) is 0 Å². The number of hydrogen-bond acceptors (Lipinski definition) is 6. The Bertz CT molecular complexity index is 714. The van der Waals surface area contributed by atoms with Crippen molar-refractivity contribution < 1.29 is 4.79 Å². The molecule has 3 rings (SSSR count). The van der Waals surface area contributed by atoms with Gasteiger partial charge in [0.2, 0.25) is 5.91 Å². The maximum Gasteiger partial charge on any atom is 0.239 e. The number of nitrogens with zero attached hydrogens (tertiary/aromatic N) is 4. The molecule has 0 saturated carbocycles. The molecule has 1 aliphatic heterocycles. The van der Waals surface area contributed by atoms with Crippen LogP contribution in [0.2, 0.25) is 0 Å². The fourth-order valence-corrected chi connectivity index (χ4v) is 3.90. The lowest BCUT2D eigenvalue weighted by Gasteiger charge is -2.38. The largest absolute Gasteiger partial charge is 0.368 e. The Morgan fingerprint density at radius 1 is 1.04 bits per heavy atom. The van der Waals surface area contributed by atoms with Crippen LogP contribution in [0, 0.1) is 0 Å². The fourth-order valence-electron chi connectivity index (χ4n) is 3.19. The molecule has 26 heavy (non-hydrogen) atoms. The minimum atomic E-state index is -0.380. The molecule has 1 aromatic heterocycles. The number of amides is 1. The first kappa shape index (κ1) is 18.7. The molecule has 1 amide bonds. The predicted molar refractivity (Wildman–Crippen MR) is 105 cm³/mol. The van der Waals surface area contributed by atoms with E-state index in [4.69, 9.17) is 5.73 Å². The van der Waals surface area contributed by atoms with Gasteiger partial charge in [-0.3, -0.25) is 9.69 Å². The van der Waals surface area contributed by atoms with E-state index < -0.39 is 0 Å². The van der Waals surface area contributed by atoms with Gasteiger partial charge in [0, 0.05) is 31.4 Å². The van der Waals surface area contributed by atoms with E-state index in [0.717, 1.165) is 42.6 Å². The lowest BCUT2D eigenvalue weighted by Crippen LogP contribution is -2.50. The summed E-state index contributed by atoms with van der Waals surface area (Å²) < 4.78 is 0. The lowest BCUT2D eigenvalue weighted by atomic mass is 10.0. The van der Waals surface area contributed by atoms with E-state index in [9.17, 15) is 4.79 Å². The Hall–Kier alpha value is -2.12. The quantitative estimate of drug-likeness (QED) is 0.786. The van der Waals surface area contributed by atoms with Gasteiger partial charge in [0.25, 0.3) is 0 Å². The molecule has 0 aliphatic carbocycles. The molecule has 1 fully saturated rings. The number of anilines is 1. The zero-order valence-electron chi connectivity index (χ0n) is 15.2. The number of hydrogen-bond donors (Lipinski definition) is 1. The van der Waals surface area contributed by atoms with Crippen molar-refractivity contribution in [2.75, 3.05) is 31.1 Å². The van der Waals surface area contributed by atoms with Crippen molar-refractivity contribution in [2.45, 2.75) is 30.2 Å². The van der Waals surface area contributed by atoms with Crippen LogP contribution in [0.25, 0.3) is 0 Å². The molecule has 138 valence electrons. The highest BCUT2D eigenvalue weighted by Gasteiger charge is 2.29. The normalized spacial score (nSPS) is 16.7. The van der Waals surface area contributed by atoms with Gasteiger partial charge in [-0.15, -0.1) is 22.0 Å². The number of benzene rings is 1. The van der Waals surface area contributed by atoms with E-state index in [2.05, 4.69) is 33.8 Å². The Morgan fingerprint density at radius 3 is 2.27 bits per heavy atom. The number of nitrogens with two attached hydrogens (primary N) is 1. The highest BCUT2D eigenvalue weighted by atomic mass is 32.2. The summed E-state index contributed by atoms with van der Waals surface area (Å²) in [6.45, 7) is 7.38. The van der Waals surface area contributed by atoms with Crippen LogP contribution in [-0.4, -0.2) is 52.4 Å². The summed E-state index contributed by atoms with van der Waals surface area (Å²) in [7, 11) is 0. The summed E-state index contributed by atoms with van der Waals surface area (Å²) in [6, 6.07) is 13.4. The van der Waals surface area contributed by atoms with Crippen LogP contribution < -0.4 is 10.6 Å². The molecule has 0 radical (unpaired) electrons. The standard InChI is InChI=1S/C19H25N5OS/c1-14(2)26-17-9-8-16(21-22-17)23-10-12-24(13-11-23)18(19(20)25)15-6-4-3-5-7-15/h3-9,14,18H,10-13H2,1-2H3,(H2,20,25). The summed E-state index contributed by atoms with van der Waals surface area (Å²) in [4.78, 5) is 16.4. The third-order valence-corrected chi connectivity index (χ3v) is 5.30. The molecule has 1 atom stereocenters. The van der Waals surface area contributed by atoms with E-state index in [1.165, 1.54) is 0 Å². The third kappa shape index (κ3) is 4.53. The van der Waals surface area contributed by atoms with Crippen LogP contribution in [0.15, 0.2) is 47.5 Å². The summed E-state index contributed by atoms with van der Waals surface area (Å²) in [5.74, 6) is 0.576. The number of rotatable bonds is 6. The number of primary amides is 1. The molecule has 1 saturated heterocycles. The molecular weight excluding hydrogens is 346 g/mol. The molecule has 7 heteroatoms. The topological polar surface area (TPSA) is 75.3 Å². The molecule has 2 aromatic rings. The first-order valence-corrected chi connectivity index (χ1v) is 9.76. The van der Waals surface area contributed by atoms with Crippen LogP contribution in [0.1, 0.15) is 25.5 Å². The highest BCUT2D eigenvalue weighted by molar-refractivity contribution is 7.99. The first-order valence-electron chi connectivity index (χ1n) is 8.88. The predicted octanol–water partition coefficient (Wildman–Crippen LogP) is 2.33. The van der Waals surface area contributed by atoms with Crippen molar-refractivity contribution in [3.63, 3.8) is 0 Å². The first-order chi connectivity index (χ1) is 12.5. The average molecular weight is 372 g/mol. The maximum atomic E-state index is 12.0. The van der Waals surface area contributed by atoms with Crippen molar-refractivity contribution in [1.29, 1.82) is 0 Å². The minimum Gasteiger partial charge on any atom is -0.368 e. The highest BCUT2D eigenvalue weighted by Crippen LogP contribution is 2.25. The smallest absolute Gasteiger partial charge is 0.239 e.